The summed E-state index contributed by atoms with van der Waals surface area (Å²) in [6.45, 7) is 0. The van der Waals surface area contributed by atoms with Crippen molar-refractivity contribution in [1.29, 1.82) is 5.26 Å². The Hall–Kier alpha value is -1.22. The summed E-state index contributed by atoms with van der Waals surface area (Å²) in [5.74, 6) is 1.75. The Morgan fingerprint density at radius 3 is 2.30 bits per heavy atom. The van der Waals surface area contributed by atoms with Crippen molar-refractivity contribution in [3.63, 3.8) is 0 Å². The first-order valence-corrected chi connectivity index (χ1v) is 7.42. The van der Waals surface area contributed by atoms with Gasteiger partial charge in [-0.3, -0.25) is 0 Å². The Labute approximate surface area is 138 Å². The summed E-state index contributed by atoms with van der Waals surface area (Å²) < 4.78 is 12.4. The summed E-state index contributed by atoms with van der Waals surface area (Å²) in [5, 5.41) is 9.18. The van der Waals surface area contributed by atoms with Crippen molar-refractivity contribution < 1.29 is 9.47 Å². The number of ether oxygens (including phenoxy) is 2. The van der Waals surface area contributed by atoms with Crippen molar-refractivity contribution in [3.8, 4) is 23.3 Å². The van der Waals surface area contributed by atoms with Gasteiger partial charge in [0.2, 0.25) is 0 Å². The zero-order valence-corrected chi connectivity index (χ0v) is 14.2. The molecule has 0 spiro atoms. The molecule has 0 aromatic heterocycles. The highest BCUT2D eigenvalue weighted by Gasteiger charge is 2.11. The predicted molar refractivity (Wildman–Crippen MR) is 84.6 cm³/mol. The van der Waals surface area contributed by atoms with Crippen LogP contribution in [0.25, 0.3) is 0 Å². The number of rotatable bonds is 3. The molecule has 0 heterocycles. The van der Waals surface area contributed by atoms with Gasteiger partial charge in [0.1, 0.15) is 17.2 Å². The Kier molecular flexibility index (Phi) is 4.92. The summed E-state index contributed by atoms with van der Waals surface area (Å²) >= 11 is 12.9. The Balaban J connectivity index is 2.35. The highest BCUT2D eigenvalue weighted by molar-refractivity contribution is 9.11. The van der Waals surface area contributed by atoms with Gasteiger partial charge in [-0.2, -0.15) is 5.26 Å². The van der Waals surface area contributed by atoms with Crippen LogP contribution in [0.4, 0.5) is 0 Å². The summed E-state index contributed by atoms with van der Waals surface area (Å²) in [5.41, 5.74) is 0.484. The summed E-state index contributed by atoms with van der Waals surface area (Å²) in [6, 6.07) is 10.4. The predicted octanol–water partition coefficient (Wildman–Crippen LogP) is 5.54. The molecule has 2 aromatic carbocycles. The summed E-state index contributed by atoms with van der Waals surface area (Å²) in [6.07, 6.45) is 0. The van der Waals surface area contributed by atoms with Crippen molar-refractivity contribution in [2.24, 2.45) is 0 Å². The highest BCUT2D eigenvalue weighted by atomic mass is 79.9. The van der Waals surface area contributed by atoms with E-state index in [4.69, 9.17) is 26.3 Å². The second-order valence-electron chi connectivity index (χ2n) is 3.78. The van der Waals surface area contributed by atoms with Gasteiger partial charge in [0.05, 0.1) is 32.7 Å². The fourth-order valence-corrected chi connectivity index (χ4v) is 2.62. The molecule has 0 aliphatic heterocycles. The van der Waals surface area contributed by atoms with E-state index in [0.717, 1.165) is 8.95 Å². The zero-order chi connectivity index (χ0) is 14.7. The number of hydrogen-bond acceptors (Lipinski definition) is 3. The molecule has 0 fully saturated rings. The SMILES string of the molecule is COc1cc(Br)c(Oc2ccc(C#N)cc2Cl)cc1Br. The van der Waals surface area contributed by atoms with E-state index in [2.05, 4.69) is 31.9 Å². The van der Waals surface area contributed by atoms with Gasteiger partial charge in [-0.15, -0.1) is 0 Å². The van der Waals surface area contributed by atoms with Crippen LogP contribution in [0.3, 0.4) is 0 Å². The minimum atomic E-state index is 0.378. The topological polar surface area (TPSA) is 42.2 Å². The summed E-state index contributed by atoms with van der Waals surface area (Å²) in [7, 11) is 1.59. The van der Waals surface area contributed by atoms with Crippen LogP contribution < -0.4 is 9.47 Å². The minimum absolute atomic E-state index is 0.378. The molecule has 0 aliphatic carbocycles. The molecular weight excluding hydrogens is 409 g/mol. The lowest BCUT2D eigenvalue weighted by Gasteiger charge is -2.12. The number of benzene rings is 2. The third-order valence-electron chi connectivity index (χ3n) is 2.49. The molecular formula is C14H8Br2ClNO2. The molecule has 0 saturated heterocycles. The van der Waals surface area contributed by atoms with E-state index in [9.17, 15) is 0 Å². The van der Waals surface area contributed by atoms with Gasteiger partial charge in [-0.1, -0.05) is 11.6 Å². The molecule has 3 nitrogen and oxygen atoms in total. The van der Waals surface area contributed by atoms with Crippen molar-refractivity contribution >= 4 is 43.5 Å². The molecule has 0 N–H and O–H groups in total. The van der Waals surface area contributed by atoms with E-state index in [1.54, 1.807) is 37.4 Å². The molecule has 2 aromatic rings. The minimum Gasteiger partial charge on any atom is -0.496 e. The van der Waals surface area contributed by atoms with Gasteiger partial charge in [0, 0.05) is 0 Å². The van der Waals surface area contributed by atoms with E-state index in [-0.39, 0.29) is 0 Å². The highest BCUT2D eigenvalue weighted by Crippen LogP contribution is 2.39. The molecule has 0 amide bonds. The van der Waals surface area contributed by atoms with Gasteiger partial charge < -0.3 is 9.47 Å². The van der Waals surface area contributed by atoms with Gasteiger partial charge >= 0.3 is 0 Å². The number of hydrogen-bond donors (Lipinski definition) is 0. The van der Waals surface area contributed by atoms with Gasteiger partial charge in [-0.05, 0) is 62.2 Å². The second-order valence-corrected chi connectivity index (χ2v) is 5.89. The molecule has 0 atom stereocenters. The van der Waals surface area contributed by atoms with Crippen molar-refractivity contribution in [1.82, 2.24) is 0 Å². The Morgan fingerprint density at radius 2 is 1.70 bits per heavy atom. The van der Waals surface area contributed by atoms with E-state index < -0.39 is 0 Å². The number of methoxy groups -OCH3 is 1. The number of halogens is 3. The molecule has 2 rings (SSSR count). The van der Waals surface area contributed by atoms with Crippen LogP contribution in [0, 0.1) is 11.3 Å². The number of nitriles is 1. The van der Waals surface area contributed by atoms with E-state index in [1.165, 1.54) is 0 Å². The first-order valence-electron chi connectivity index (χ1n) is 5.45. The Morgan fingerprint density at radius 1 is 1.05 bits per heavy atom. The molecule has 20 heavy (non-hydrogen) atoms. The van der Waals surface area contributed by atoms with Gasteiger partial charge in [-0.25, -0.2) is 0 Å². The first kappa shape index (κ1) is 15.2. The smallest absolute Gasteiger partial charge is 0.146 e. The largest absolute Gasteiger partial charge is 0.496 e. The molecule has 0 radical (unpaired) electrons. The monoisotopic (exact) mass is 415 g/mol. The van der Waals surface area contributed by atoms with Crippen LogP contribution in [-0.4, -0.2) is 7.11 Å². The standard InChI is InChI=1S/C14H8Br2ClNO2/c1-19-13-5-10(16)14(6-9(13)15)20-12-3-2-8(7-18)4-11(12)17/h2-6H,1H3. The van der Waals surface area contributed by atoms with E-state index in [0.29, 0.717) is 27.8 Å². The molecule has 102 valence electrons. The van der Waals surface area contributed by atoms with Crippen LogP contribution in [0.5, 0.6) is 17.2 Å². The van der Waals surface area contributed by atoms with Crippen molar-refractivity contribution in [2.45, 2.75) is 0 Å². The lowest BCUT2D eigenvalue weighted by atomic mass is 10.2. The molecule has 6 heteroatoms. The fourth-order valence-electron chi connectivity index (χ4n) is 1.52. The van der Waals surface area contributed by atoms with Crippen molar-refractivity contribution in [2.75, 3.05) is 7.11 Å². The molecule has 0 aliphatic rings. The molecule has 0 unspecified atom stereocenters. The first-order chi connectivity index (χ1) is 9.55. The maximum atomic E-state index is 8.80. The molecule has 0 bridgehead atoms. The van der Waals surface area contributed by atoms with Crippen LogP contribution >= 0.6 is 43.5 Å². The molecule has 0 saturated carbocycles. The van der Waals surface area contributed by atoms with Crippen LogP contribution in [0.1, 0.15) is 5.56 Å². The lowest BCUT2D eigenvalue weighted by Crippen LogP contribution is -1.90. The normalized spacial score (nSPS) is 9.95. The second kappa shape index (κ2) is 6.49. The average Bonchev–Trinajstić information content (AvgIpc) is 2.44. The lowest BCUT2D eigenvalue weighted by molar-refractivity contribution is 0.409. The quantitative estimate of drug-likeness (QED) is 0.659. The van der Waals surface area contributed by atoms with Crippen LogP contribution in [0.15, 0.2) is 39.3 Å². The number of nitrogens with zero attached hydrogens (tertiary/aromatic N) is 1. The summed E-state index contributed by atoms with van der Waals surface area (Å²) in [4.78, 5) is 0. The third kappa shape index (κ3) is 3.26. The van der Waals surface area contributed by atoms with Gasteiger partial charge in [0.15, 0.2) is 0 Å². The third-order valence-corrected chi connectivity index (χ3v) is 4.02. The zero-order valence-electron chi connectivity index (χ0n) is 10.3. The maximum Gasteiger partial charge on any atom is 0.146 e. The van der Waals surface area contributed by atoms with Crippen LogP contribution in [0.2, 0.25) is 5.02 Å². The van der Waals surface area contributed by atoms with Crippen molar-refractivity contribution in [3.05, 3.63) is 49.9 Å². The van der Waals surface area contributed by atoms with Crippen LogP contribution in [-0.2, 0) is 0 Å². The van der Waals surface area contributed by atoms with Gasteiger partial charge in [0.25, 0.3) is 0 Å². The van der Waals surface area contributed by atoms with E-state index >= 15 is 0 Å². The average molecular weight is 417 g/mol. The maximum absolute atomic E-state index is 8.80. The fraction of sp³-hybridized carbons (Fsp3) is 0.0714. The van der Waals surface area contributed by atoms with E-state index in [1.807, 2.05) is 6.07 Å². The Bertz CT molecular complexity index is 698.